The number of hydrogen-bond acceptors (Lipinski definition) is 4. The van der Waals surface area contributed by atoms with Gasteiger partial charge >= 0.3 is 0 Å². The van der Waals surface area contributed by atoms with Crippen LogP contribution in [0.4, 0.5) is 0 Å². The van der Waals surface area contributed by atoms with Crippen molar-refractivity contribution in [1.82, 2.24) is 19.9 Å². The first-order valence-electron chi connectivity index (χ1n) is 6.44. The van der Waals surface area contributed by atoms with E-state index in [1.807, 2.05) is 26.8 Å². The van der Waals surface area contributed by atoms with Crippen LogP contribution in [0.15, 0.2) is 24.7 Å². The molecule has 0 atom stereocenters. The average molecular weight is 270 g/mol. The number of carbonyl (C=O) groups excluding carboxylic acids is 1. The molecule has 0 bridgehead atoms. The Hall–Kier alpha value is -2.30. The Morgan fingerprint density at radius 3 is 2.65 bits per heavy atom. The van der Waals surface area contributed by atoms with Gasteiger partial charge in [0.2, 0.25) is 0 Å². The van der Waals surface area contributed by atoms with Gasteiger partial charge in [-0.3, -0.25) is 9.78 Å². The second-order valence-electron chi connectivity index (χ2n) is 4.88. The lowest BCUT2D eigenvalue weighted by molar-refractivity contribution is 0.0783. The number of aryl methyl sites for hydroxylation is 3. The SMILES string of the molecule is Cc1ncc(C(=O)N(C)Cc2cnccc2C)c(C)n1. The van der Waals surface area contributed by atoms with Crippen molar-refractivity contribution in [2.75, 3.05) is 7.05 Å². The second kappa shape index (κ2) is 5.77. The van der Waals surface area contributed by atoms with Crippen LogP contribution in [0.5, 0.6) is 0 Å². The lowest BCUT2D eigenvalue weighted by Crippen LogP contribution is -2.27. The molecule has 0 radical (unpaired) electrons. The topological polar surface area (TPSA) is 59.0 Å². The smallest absolute Gasteiger partial charge is 0.257 e. The van der Waals surface area contributed by atoms with E-state index in [0.717, 1.165) is 11.1 Å². The highest BCUT2D eigenvalue weighted by atomic mass is 16.2. The van der Waals surface area contributed by atoms with E-state index in [4.69, 9.17) is 0 Å². The van der Waals surface area contributed by atoms with Crippen molar-refractivity contribution >= 4 is 5.91 Å². The summed E-state index contributed by atoms with van der Waals surface area (Å²) in [6.07, 6.45) is 5.13. The van der Waals surface area contributed by atoms with Gasteiger partial charge in [-0.05, 0) is 38.0 Å². The molecule has 1 amide bonds. The molecule has 0 saturated heterocycles. The highest BCUT2D eigenvalue weighted by Crippen LogP contribution is 2.12. The van der Waals surface area contributed by atoms with E-state index in [0.29, 0.717) is 23.6 Å². The lowest BCUT2D eigenvalue weighted by atomic mass is 10.1. The quantitative estimate of drug-likeness (QED) is 0.856. The Kier molecular flexibility index (Phi) is 4.08. The van der Waals surface area contributed by atoms with Crippen LogP contribution < -0.4 is 0 Å². The summed E-state index contributed by atoms with van der Waals surface area (Å²) < 4.78 is 0. The van der Waals surface area contributed by atoms with Gasteiger partial charge < -0.3 is 4.90 Å². The largest absolute Gasteiger partial charge is 0.337 e. The molecular formula is C15H18N4O. The molecule has 2 rings (SSSR count). The van der Waals surface area contributed by atoms with E-state index < -0.39 is 0 Å². The number of amides is 1. The van der Waals surface area contributed by atoms with Gasteiger partial charge in [-0.15, -0.1) is 0 Å². The van der Waals surface area contributed by atoms with Gasteiger partial charge in [0.1, 0.15) is 5.82 Å². The van der Waals surface area contributed by atoms with E-state index in [2.05, 4.69) is 15.0 Å². The number of rotatable bonds is 3. The monoisotopic (exact) mass is 270 g/mol. The fourth-order valence-corrected chi connectivity index (χ4v) is 1.99. The molecular weight excluding hydrogens is 252 g/mol. The first kappa shape index (κ1) is 14.1. The van der Waals surface area contributed by atoms with Crippen LogP contribution in [0.3, 0.4) is 0 Å². The fourth-order valence-electron chi connectivity index (χ4n) is 1.99. The van der Waals surface area contributed by atoms with Crippen molar-refractivity contribution in [1.29, 1.82) is 0 Å². The molecule has 0 fully saturated rings. The van der Waals surface area contributed by atoms with Crippen molar-refractivity contribution in [3.05, 3.63) is 52.9 Å². The minimum Gasteiger partial charge on any atom is -0.337 e. The van der Waals surface area contributed by atoms with Crippen LogP contribution >= 0.6 is 0 Å². The Balaban J connectivity index is 2.19. The third kappa shape index (κ3) is 2.99. The maximum Gasteiger partial charge on any atom is 0.257 e. The molecule has 0 unspecified atom stereocenters. The molecule has 2 aromatic rings. The highest BCUT2D eigenvalue weighted by molar-refractivity contribution is 5.94. The summed E-state index contributed by atoms with van der Waals surface area (Å²) in [5.74, 6) is 0.593. The Morgan fingerprint density at radius 1 is 1.25 bits per heavy atom. The predicted octanol–water partition coefficient (Wildman–Crippen LogP) is 2.07. The Bertz CT molecular complexity index is 640. The normalized spacial score (nSPS) is 10.4. The summed E-state index contributed by atoms with van der Waals surface area (Å²) in [6, 6.07) is 1.94. The number of nitrogens with zero attached hydrogens (tertiary/aromatic N) is 4. The van der Waals surface area contributed by atoms with E-state index in [1.54, 1.807) is 30.5 Å². The molecule has 5 heteroatoms. The van der Waals surface area contributed by atoms with E-state index in [9.17, 15) is 4.79 Å². The van der Waals surface area contributed by atoms with E-state index in [-0.39, 0.29) is 5.91 Å². The maximum absolute atomic E-state index is 12.4. The summed E-state index contributed by atoms with van der Waals surface area (Å²) in [5, 5.41) is 0. The van der Waals surface area contributed by atoms with Crippen LogP contribution in [0.1, 0.15) is 33.0 Å². The maximum atomic E-state index is 12.4. The Morgan fingerprint density at radius 2 is 2.00 bits per heavy atom. The fraction of sp³-hybridized carbons (Fsp3) is 0.333. The molecule has 5 nitrogen and oxygen atoms in total. The summed E-state index contributed by atoms with van der Waals surface area (Å²) in [7, 11) is 1.77. The van der Waals surface area contributed by atoms with E-state index in [1.165, 1.54) is 0 Å². The first-order valence-corrected chi connectivity index (χ1v) is 6.44. The van der Waals surface area contributed by atoms with Crippen LogP contribution in [-0.2, 0) is 6.54 Å². The van der Waals surface area contributed by atoms with Crippen LogP contribution in [0.25, 0.3) is 0 Å². The molecule has 0 aliphatic rings. The zero-order valence-electron chi connectivity index (χ0n) is 12.2. The van der Waals surface area contributed by atoms with Gasteiger partial charge in [0.15, 0.2) is 0 Å². The van der Waals surface area contributed by atoms with Gasteiger partial charge in [-0.1, -0.05) is 0 Å². The highest BCUT2D eigenvalue weighted by Gasteiger charge is 2.16. The molecule has 104 valence electrons. The molecule has 0 saturated carbocycles. The summed E-state index contributed by atoms with van der Waals surface area (Å²) in [4.78, 5) is 26.5. The van der Waals surface area contributed by atoms with Gasteiger partial charge in [-0.25, -0.2) is 9.97 Å². The number of carbonyl (C=O) groups is 1. The first-order chi connectivity index (χ1) is 9.49. The molecule has 0 aliphatic carbocycles. The van der Waals surface area contributed by atoms with Gasteiger partial charge in [-0.2, -0.15) is 0 Å². The molecule has 0 aliphatic heterocycles. The van der Waals surface area contributed by atoms with Crippen LogP contribution in [-0.4, -0.2) is 32.8 Å². The van der Waals surface area contributed by atoms with Gasteiger partial charge in [0, 0.05) is 32.2 Å². The van der Waals surface area contributed by atoms with Crippen molar-refractivity contribution in [2.45, 2.75) is 27.3 Å². The Labute approximate surface area is 118 Å². The number of hydrogen-bond donors (Lipinski definition) is 0. The third-order valence-electron chi connectivity index (χ3n) is 3.23. The average Bonchev–Trinajstić information content (AvgIpc) is 2.40. The van der Waals surface area contributed by atoms with Crippen LogP contribution in [0.2, 0.25) is 0 Å². The van der Waals surface area contributed by atoms with Crippen molar-refractivity contribution in [3.8, 4) is 0 Å². The minimum absolute atomic E-state index is 0.0780. The number of aromatic nitrogens is 3. The molecule has 2 heterocycles. The van der Waals surface area contributed by atoms with Crippen molar-refractivity contribution in [2.24, 2.45) is 0 Å². The van der Waals surface area contributed by atoms with Gasteiger partial charge in [0.25, 0.3) is 5.91 Å². The third-order valence-corrected chi connectivity index (χ3v) is 3.23. The lowest BCUT2D eigenvalue weighted by Gasteiger charge is -2.19. The standard InChI is InChI=1S/C15H18N4O/c1-10-5-6-16-7-13(10)9-19(4)15(20)14-8-17-12(3)18-11(14)2/h5-8H,9H2,1-4H3. The van der Waals surface area contributed by atoms with E-state index >= 15 is 0 Å². The van der Waals surface area contributed by atoms with Gasteiger partial charge in [0.05, 0.1) is 11.3 Å². The van der Waals surface area contributed by atoms with Crippen molar-refractivity contribution < 1.29 is 4.79 Å². The predicted molar refractivity (Wildman–Crippen MR) is 76.3 cm³/mol. The minimum atomic E-state index is -0.0780. The summed E-state index contributed by atoms with van der Waals surface area (Å²) in [6.45, 7) is 6.16. The zero-order valence-corrected chi connectivity index (χ0v) is 12.2. The summed E-state index contributed by atoms with van der Waals surface area (Å²) in [5.41, 5.74) is 3.41. The van der Waals surface area contributed by atoms with Crippen molar-refractivity contribution in [3.63, 3.8) is 0 Å². The molecule has 0 aromatic carbocycles. The van der Waals surface area contributed by atoms with Crippen LogP contribution in [0, 0.1) is 20.8 Å². The zero-order chi connectivity index (χ0) is 14.7. The second-order valence-corrected chi connectivity index (χ2v) is 4.88. The molecule has 0 N–H and O–H groups in total. The molecule has 0 spiro atoms. The molecule has 20 heavy (non-hydrogen) atoms. The number of pyridine rings is 1. The summed E-state index contributed by atoms with van der Waals surface area (Å²) >= 11 is 0. The molecule has 2 aromatic heterocycles.